The molecule has 1 aromatic rings. The molecule has 122 valence electrons. The van der Waals surface area contributed by atoms with Crippen LogP contribution in [0.25, 0.3) is 0 Å². The van der Waals surface area contributed by atoms with Crippen molar-refractivity contribution in [2.45, 2.75) is 38.6 Å². The summed E-state index contributed by atoms with van der Waals surface area (Å²) in [6.07, 6.45) is 3.92. The Morgan fingerprint density at radius 2 is 1.86 bits per heavy atom. The molecule has 0 saturated carbocycles. The molecule has 6 heteroatoms. The van der Waals surface area contributed by atoms with Crippen molar-refractivity contribution >= 4 is 46.2 Å². The van der Waals surface area contributed by atoms with Crippen molar-refractivity contribution in [1.82, 2.24) is 10.2 Å². The highest BCUT2D eigenvalue weighted by Gasteiger charge is 2.27. The van der Waals surface area contributed by atoms with Crippen molar-refractivity contribution in [3.63, 3.8) is 0 Å². The van der Waals surface area contributed by atoms with Gasteiger partial charge in [-0.3, -0.25) is 4.90 Å². The summed E-state index contributed by atoms with van der Waals surface area (Å²) in [7, 11) is 0. The Morgan fingerprint density at radius 1 is 1.18 bits per heavy atom. The number of piperidine rings is 1. The molecule has 0 unspecified atom stereocenters. The summed E-state index contributed by atoms with van der Waals surface area (Å²) >= 11 is 17.3. The van der Waals surface area contributed by atoms with E-state index in [0.717, 1.165) is 12.2 Å². The highest BCUT2D eigenvalue weighted by molar-refractivity contribution is 7.80. The van der Waals surface area contributed by atoms with Gasteiger partial charge in [0.2, 0.25) is 0 Å². The van der Waals surface area contributed by atoms with E-state index in [1.165, 1.54) is 32.4 Å². The number of hydrogen-bond acceptors (Lipinski definition) is 2. The number of thiocarbonyl (C=S) groups is 1. The molecule has 0 atom stereocenters. The minimum atomic E-state index is 0.0871. The molecule has 0 aliphatic carbocycles. The summed E-state index contributed by atoms with van der Waals surface area (Å²) in [5, 5.41) is 8.11. The Labute approximate surface area is 148 Å². The van der Waals surface area contributed by atoms with Crippen molar-refractivity contribution < 1.29 is 0 Å². The molecule has 2 rings (SSSR count). The van der Waals surface area contributed by atoms with Crippen LogP contribution in [0.2, 0.25) is 10.0 Å². The van der Waals surface area contributed by atoms with Crippen LogP contribution in [-0.4, -0.2) is 35.2 Å². The van der Waals surface area contributed by atoms with Gasteiger partial charge in [-0.15, -0.1) is 0 Å². The van der Waals surface area contributed by atoms with Crippen LogP contribution in [0.15, 0.2) is 18.2 Å². The summed E-state index contributed by atoms with van der Waals surface area (Å²) in [4.78, 5) is 2.53. The molecule has 0 spiro atoms. The molecule has 0 aromatic heterocycles. The van der Waals surface area contributed by atoms with Gasteiger partial charge in [0.05, 0.1) is 10.0 Å². The highest BCUT2D eigenvalue weighted by Crippen LogP contribution is 2.25. The van der Waals surface area contributed by atoms with Crippen LogP contribution in [0.1, 0.15) is 33.1 Å². The van der Waals surface area contributed by atoms with Gasteiger partial charge in [-0.1, -0.05) is 29.6 Å². The molecule has 2 N–H and O–H groups in total. The quantitative estimate of drug-likeness (QED) is 0.771. The Kier molecular flexibility index (Phi) is 6.33. The Balaban J connectivity index is 1.84. The van der Waals surface area contributed by atoms with E-state index in [2.05, 4.69) is 29.4 Å². The predicted octanol–water partition coefficient (Wildman–Crippen LogP) is 4.54. The molecular formula is C16H23Cl2N3S. The Bertz CT molecular complexity index is 528. The van der Waals surface area contributed by atoms with Gasteiger partial charge in [-0.2, -0.15) is 0 Å². The summed E-state index contributed by atoms with van der Waals surface area (Å²) < 4.78 is 0. The van der Waals surface area contributed by atoms with Gasteiger partial charge in [0.15, 0.2) is 5.11 Å². The highest BCUT2D eigenvalue weighted by atomic mass is 35.5. The lowest BCUT2D eigenvalue weighted by molar-refractivity contribution is 0.0986. The minimum absolute atomic E-state index is 0.0871. The van der Waals surface area contributed by atoms with E-state index in [-0.39, 0.29) is 5.54 Å². The molecule has 1 heterocycles. The second-order valence-corrected chi connectivity index (χ2v) is 7.52. The Morgan fingerprint density at radius 3 is 2.50 bits per heavy atom. The molecule has 1 fully saturated rings. The van der Waals surface area contributed by atoms with Gasteiger partial charge < -0.3 is 10.6 Å². The van der Waals surface area contributed by atoms with E-state index in [9.17, 15) is 0 Å². The fourth-order valence-electron chi connectivity index (χ4n) is 2.66. The standard InChI is InChI=1S/C16H23Cl2N3S/c1-16(2,21-8-4-3-5-9-21)11-19-15(22)20-12-6-7-13(17)14(18)10-12/h6-7,10H,3-5,8-9,11H2,1-2H3,(H2,19,20,22). The molecule has 0 amide bonds. The van der Waals surface area contributed by atoms with Gasteiger partial charge in [0, 0.05) is 17.8 Å². The second kappa shape index (κ2) is 7.82. The molecule has 1 aromatic carbocycles. The first-order valence-corrected chi connectivity index (χ1v) is 8.80. The normalized spacial score (nSPS) is 16.4. The van der Waals surface area contributed by atoms with E-state index >= 15 is 0 Å². The Hall–Kier alpha value is -0.550. The van der Waals surface area contributed by atoms with Crippen LogP contribution in [-0.2, 0) is 0 Å². The van der Waals surface area contributed by atoms with Crippen molar-refractivity contribution in [2.75, 3.05) is 25.0 Å². The van der Waals surface area contributed by atoms with Gasteiger partial charge in [-0.05, 0) is 70.2 Å². The van der Waals surface area contributed by atoms with Crippen molar-refractivity contribution in [2.24, 2.45) is 0 Å². The molecule has 0 bridgehead atoms. The molecule has 1 saturated heterocycles. The number of benzene rings is 1. The zero-order valence-corrected chi connectivity index (χ0v) is 15.4. The monoisotopic (exact) mass is 359 g/mol. The number of likely N-dealkylation sites (tertiary alicyclic amines) is 1. The lowest BCUT2D eigenvalue weighted by Gasteiger charge is -2.41. The van der Waals surface area contributed by atoms with Gasteiger partial charge >= 0.3 is 0 Å². The first kappa shape index (κ1) is 17.8. The van der Waals surface area contributed by atoms with Gasteiger partial charge in [0.25, 0.3) is 0 Å². The minimum Gasteiger partial charge on any atom is -0.361 e. The number of halogens is 2. The van der Waals surface area contributed by atoms with Gasteiger partial charge in [-0.25, -0.2) is 0 Å². The maximum atomic E-state index is 6.01. The molecule has 1 aliphatic heterocycles. The first-order valence-electron chi connectivity index (χ1n) is 7.63. The van der Waals surface area contributed by atoms with Crippen molar-refractivity contribution in [3.05, 3.63) is 28.2 Å². The van der Waals surface area contributed by atoms with Crippen LogP contribution in [0.5, 0.6) is 0 Å². The summed E-state index contributed by atoms with van der Waals surface area (Å²) in [6, 6.07) is 5.39. The number of anilines is 1. The zero-order chi connectivity index (χ0) is 16.2. The van der Waals surface area contributed by atoms with Crippen LogP contribution in [0.3, 0.4) is 0 Å². The third kappa shape index (κ3) is 4.98. The fourth-order valence-corrected chi connectivity index (χ4v) is 3.14. The SMILES string of the molecule is CC(C)(CNC(=S)Nc1ccc(Cl)c(Cl)c1)N1CCCCC1. The van der Waals surface area contributed by atoms with Crippen molar-refractivity contribution in [1.29, 1.82) is 0 Å². The smallest absolute Gasteiger partial charge is 0.170 e. The fraction of sp³-hybridized carbons (Fsp3) is 0.562. The maximum Gasteiger partial charge on any atom is 0.170 e. The zero-order valence-electron chi connectivity index (χ0n) is 13.1. The van der Waals surface area contributed by atoms with E-state index in [0.29, 0.717) is 15.2 Å². The predicted molar refractivity (Wildman–Crippen MR) is 100 cm³/mol. The van der Waals surface area contributed by atoms with Crippen LogP contribution >= 0.6 is 35.4 Å². The van der Waals surface area contributed by atoms with E-state index < -0.39 is 0 Å². The largest absolute Gasteiger partial charge is 0.361 e. The number of rotatable bonds is 4. The summed E-state index contributed by atoms with van der Waals surface area (Å²) in [6.45, 7) is 7.66. The van der Waals surface area contributed by atoms with Crippen molar-refractivity contribution in [3.8, 4) is 0 Å². The number of nitrogens with one attached hydrogen (secondary N) is 2. The maximum absolute atomic E-state index is 6.01. The number of hydrogen-bond donors (Lipinski definition) is 2. The molecule has 3 nitrogen and oxygen atoms in total. The summed E-state index contributed by atoms with van der Waals surface area (Å²) in [5.74, 6) is 0. The molecule has 1 aliphatic rings. The van der Waals surface area contributed by atoms with E-state index in [4.69, 9.17) is 35.4 Å². The van der Waals surface area contributed by atoms with Crippen LogP contribution in [0, 0.1) is 0 Å². The summed E-state index contributed by atoms with van der Waals surface area (Å²) in [5.41, 5.74) is 0.923. The number of nitrogens with zero attached hydrogens (tertiary/aromatic N) is 1. The van der Waals surface area contributed by atoms with Gasteiger partial charge in [0.1, 0.15) is 0 Å². The molecule has 0 radical (unpaired) electrons. The van der Waals surface area contributed by atoms with Crippen LogP contribution in [0.4, 0.5) is 5.69 Å². The first-order chi connectivity index (χ1) is 10.4. The average molecular weight is 360 g/mol. The lowest BCUT2D eigenvalue weighted by Crippen LogP contribution is -2.53. The van der Waals surface area contributed by atoms with E-state index in [1.807, 2.05) is 6.07 Å². The molecule has 22 heavy (non-hydrogen) atoms. The van der Waals surface area contributed by atoms with Crippen LogP contribution < -0.4 is 10.6 Å². The average Bonchev–Trinajstić information content (AvgIpc) is 2.50. The van der Waals surface area contributed by atoms with E-state index in [1.54, 1.807) is 12.1 Å². The lowest BCUT2D eigenvalue weighted by atomic mass is 9.98. The second-order valence-electron chi connectivity index (χ2n) is 6.30. The third-order valence-corrected chi connectivity index (χ3v) is 5.06. The molecular weight excluding hydrogens is 337 g/mol. The third-order valence-electron chi connectivity index (χ3n) is 4.07. The topological polar surface area (TPSA) is 27.3 Å².